The van der Waals surface area contributed by atoms with Crippen LogP contribution >= 0.6 is 0 Å². The van der Waals surface area contributed by atoms with E-state index >= 15 is 0 Å². The highest BCUT2D eigenvalue weighted by atomic mass is 16.3. The summed E-state index contributed by atoms with van der Waals surface area (Å²) >= 11 is 0. The molecule has 1 aromatic carbocycles. The van der Waals surface area contributed by atoms with Crippen LogP contribution < -0.4 is 5.73 Å². The largest absolute Gasteiger partial charge is 0.508 e. The third-order valence-electron chi connectivity index (χ3n) is 2.82. The monoisotopic (exact) mass is 219 g/mol. The van der Waals surface area contributed by atoms with Gasteiger partial charge in [0.05, 0.1) is 12.6 Å². The molecule has 0 aromatic heterocycles. The van der Waals surface area contributed by atoms with Gasteiger partial charge in [-0.3, -0.25) is 4.99 Å². The Morgan fingerprint density at radius 2 is 2.38 bits per heavy atom. The first-order valence-electron chi connectivity index (χ1n) is 5.58. The fourth-order valence-electron chi connectivity index (χ4n) is 2.06. The number of nitrogens with two attached hydrogens (primary N) is 1. The van der Waals surface area contributed by atoms with Gasteiger partial charge in [-0.05, 0) is 24.1 Å². The molecule has 0 bridgehead atoms. The van der Waals surface area contributed by atoms with Crippen molar-refractivity contribution in [2.45, 2.75) is 19.4 Å². The summed E-state index contributed by atoms with van der Waals surface area (Å²) in [4.78, 5) is 6.35. The van der Waals surface area contributed by atoms with Gasteiger partial charge >= 0.3 is 0 Å². The zero-order valence-electron chi connectivity index (χ0n) is 9.43. The quantitative estimate of drug-likeness (QED) is 0.809. The van der Waals surface area contributed by atoms with Crippen molar-refractivity contribution in [3.63, 3.8) is 0 Å². The summed E-state index contributed by atoms with van der Waals surface area (Å²) in [6.07, 6.45) is 1.03. The standard InChI is InChI=1S/C12H17N3O/c1-2-6-15-11(8-14-12(15)13)9-4-3-5-10(16)7-9/h3-5,7,11,16H,2,6,8H2,1H3,(H2,13,14). The molecule has 2 rings (SSSR count). The predicted octanol–water partition coefficient (Wildman–Crippen LogP) is 1.47. The molecule has 0 amide bonds. The van der Waals surface area contributed by atoms with Crippen molar-refractivity contribution in [3.05, 3.63) is 29.8 Å². The van der Waals surface area contributed by atoms with Crippen LogP contribution in [0.3, 0.4) is 0 Å². The van der Waals surface area contributed by atoms with E-state index in [2.05, 4.69) is 16.8 Å². The third kappa shape index (κ3) is 1.96. The first-order chi connectivity index (χ1) is 7.72. The molecule has 1 aromatic rings. The van der Waals surface area contributed by atoms with Gasteiger partial charge in [0.1, 0.15) is 5.75 Å². The van der Waals surface area contributed by atoms with Crippen molar-refractivity contribution in [1.29, 1.82) is 0 Å². The molecule has 0 radical (unpaired) electrons. The summed E-state index contributed by atoms with van der Waals surface area (Å²) in [5.74, 6) is 0.898. The Hall–Kier alpha value is -1.71. The molecule has 1 atom stereocenters. The molecular weight excluding hydrogens is 202 g/mol. The Balaban J connectivity index is 2.22. The first kappa shape index (κ1) is 10.8. The summed E-state index contributed by atoms with van der Waals surface area (Å²) in [7, 11) is 0. The Labute approximate surface area is 95.4 Å². The normalized spacial score (nSPS) is 19.9. The van der Waals surface area contributed by atoms with Crippen molar-refractivity contribution >= 4 is 5.96 Å². The van der Waals surface area contributed by atoms with Gasteiger partial charge in [0.15, 0.2) is 5.96 Å². The molecule has 16 heavy (non-hydrogen) atoms. The van der Waals surface area contributed by atoms with Crippen LogP contribution in [0.1, 0.15) is 24.9 Å². The average molecular weight is 219 g/mol. The maximum absolute atomic E-state index is 9.47. The average Bonchev–Trinajstić information content (AvgIpc) is 2.61. The molecular formula is C12H17N3O. The fraction of sp³-hybridized carbons (Fsp3) is 0.417. The van der Waals surface area contributed by atoms with E-state index in [4.69, 9.17) is 5.73 Å². The lowest BCUT2D eigenvalue weighted by atomic mass is 10.1. The number of phenols is 1. The maximum Gasteiger partial charge on any atom is 0.191 e. The van der Waals surface area contributed by atoms with E-state index in [1.165, 1.54) is 0 Å². The Kier molecular flexibility index (Phi) is 2.99. The summed E-state index contributed by atoms with van der Waals surface area (Å²) in [6.45, 7) is 3.69. The van der Waals surface area contributed by atoms with Crippen LogP contribution in [0.5, 0.6) is 5.75 Å². The van der Waals surface area contributed by atoms with Crippen LogP contribution in [-0.2, 0) is 0 Å². The number of aromatic hydroxyl groups is 1. The van der Waals surface area contributed by atoms with Crippen molar-refractivity contribution in [1.82, 2.24) is 4.90 Å². The van der Waals surface area contributed by atoms with Crippen LogP contribution in [0.2, 0.25) is 0 Å². The molecule has 0 saturated carbocycles. The second kappa shape index (κ2) is 4.43. The van der Waals surface area contributed by atoms with Crippen molar-refractivity contribution in [3.8, 4) is 5.75 Å². The van der Waals surface area contributed by atoms with E-state index in [0.717, 1.165) is 18.5 Å². The van der Waals surface area contributed by atoms with Crippen LogP contribution in [0.4, 0.5) is 0 Å². The second-order valence-corrected chi connectivity index (χ2v) is 4.00. The minimum atomic E-state index is 0.173. The summed E-state index contributed by atoms with van der Waals surface area (Å²) in [5, 5.41) is 9.47. The number of benzene rings is 1. The maximum atomic E-state index is 9.47. The van der Waals surface area contributed by atoms with E-state index < -0.39 is 0 Å². The minimum absolute atomic E-state index is 0.173. The SMILES string of the molecule is CCCN1C(N)=NCC1c1cccc(O)c1. The highest BCUT2D eigenvalue weighted by Gasteiger charge is 2.26. The van der Waals surface area contributed by atoms with E-state index in [1.54, 1.807) is 12.1 Å². The van der Waals surface area contributed by atoms with Crippen LogP contribution in [0.15, 0.2) is 29.3 Å². The second-order valence-electron chi connectivity index (χ2n) is 4.00. The number of hydrogen-bond acceptors (Lipinski definition) is 4. The molecule has 0 fully saturated rings. The highest BCUT2D eigenvalue weighted by Crippen LogP contribution is 2.27. The summed E-state index contributed by atoms with van der Waals surface area (Å²) in [6, 6.07) is 7.48. The predicted molar refractivity (Wildman–Crippen MR) is 64.3 cm³/mol. The van der Waals surface area contributed by atoms with E-state index in [1.807, 2.05) is 12.1 Å². The van der Waals surface area contributed by atoms with Gasteiger partial charge in [0.25, 0.3) is 0 Å². The number of guanidine groups is 1. The molecule has 1 heterocycles. The molecule has 1 unspecified atom stereocenters. The molecule has 4 nitrogen and oxygen atoms in total. The van der Waals surface area contributed by atoms with Crippen molar-refractivity contribution in [2.75, 3.05) is 13.1 Å². The molecule has 1 aliphatic heterocycles. The van der Waals surface area contributed by atoms with Gasteiger partial charge in [-0.1, -0.05) is 19.1 Å². The summed E-state index contributed by atoms with van der Waals surface area (Å²) in [5.41, 5.74) is 6.91. The van der Waals surface area contributed by atoms with Gasteiger partial charge in [-0.2, -0.15) is 0 Å². The van der Waals surface area contributed by atoms with E-state index in [0.29, 0.717) is 18.3 Å². The molecule has 0 spiro atoms. The molecule has 1 aliphatic rings. The lowest BCUT2D eigenvalue weighted by Gasteiger charge is -2.26. The van der Waals surface area contributed by atoms with Crippen LogP contribution in [-0.4, -0.2) is 29.1 Å². The van der Waals surface area contributed by atoms with Gasteiger partial charge < -0.3 is 15.7 Å². The summed E-state index contributed by atoms with van der Waals surface area (Å²) < 4.78 is 0. The van der Waals surface area contributed by atoms with Gasteiger partial charge in [-0.15, -0.1) is 0 Å². The number of nitrogens with zero attached hydrogens (tertiary/aromatic N) is 2. The third-order valence-corrected chi connectivity index (χ3v) is 2.82. The van der Waals surface area contributed by atoms with E-state index in [9.17, 15) is 5.11 Å². The van der Waals surface area contributed by atoms with Gasteiger partial charge in [-0.25, -0.2) is 0 Å². The molecule has 0 saturated heterocycles. The molecule has 4 heteroatoms. The zero-order valence-corrected chi connectivity index (χ0v) is 9.43. The molecule has 86 valence electrons. The van der Waals surface area contributed by atoms with Gasteiger partial charge in [0.2, 0.25) is 0 Å². The number of phenolic OH excluding ortho intramolecular Hbond substituents is 1. The lowest BCUT2D eigenvalue weighted by Crippen LogP contribution is -2.36. The number of aliphatic imine (C=N–C) groups is 1. The van der Waals surface area contributed by atoms with Crippen LogP contribution in [0.25, 0.3) is 0 Å². The van der Waals surface area contributed by atoms with Gasteiger partial charge in [0, 0.05) is 6.54 Å². The minimum Gasteiger partial charge on any atom is -0.508 e. The molecule has 3 N–H and O–H groups in total. The van der Waals surface area contributed by atoms with Crippen LogP contribution in [0, 0.1) is 0 Å². The first-order valence-corrected chi connectivity index (χ1v) is 5.58. The topological polar surface area (TPSA) is 61.8 Å². The van der Waals surface area contributed by atoms with Crippen molar-refractivity contribution in [2.24, 2.45) is 10.7 Å². The van der Waals surface area contributed by atoms with Crippen molar-refractivity contribution < 1.29 is 5.11 Å². The fourth-order valence-corrected chi connectivity index (χ4v) is 2.06. The number of hydrogen-bond donors (Lipinski definition) is 2. The zero-order chi connectivity index (χ0) is 11.5. The Morgan fingerprint density at radius 3 is 3.06 bits per heavy atom. The highest BCUT2D eigenvalue weighted by molar-refractivity contribution is 5.80. The van der Waals surface area contributed by atoms with E-state index in [-0.39, 0.29) is 6.04 Å². The lowest BCUT2D eigenvalue weighted by molar-refractivity contribution is 0.346. The Bertz CT molecular complexity index is 403. The Morgan fingerprint density at radius 1 is 1.56 bits per heavy atom. The smallest absolute Gasteiger partial charge is 0.191 e. The number of rotatable bonds is 3. The molecule has 0 aliphatic carbocycles.